The molecule has 110 valence electrons. The normalized spacial score (nSPS) is 17.1. The molecule has 20 heavy (non-hydrogen) atoms. The van der Waals surface area contributed by atoms with Gasteiger partial charge in [-0.3, -0.25) is 9.69 Å². The third-order valence-corrected chi connectivity index (χ3v) is 3.86. The zero-order valence-corrected chi connectivity index (χ0v) is 12.5. The van der Waals surface area contributed by atoms with Crippen molar-refractivity contribution in [1.29, 1.82) is 0 Å². The van der Waals surface area contributed by atoms with E-state index < -0.39 is 0 Å². The zero-order chi connectivity index (χ0) is 14.5. The first-order chi connectivity index (χ1) is 9.56. The average molecular weight is 297 g/mol. The Morgan fingerprint density at radius 2 is 2.05 bits per heavy atom. The van der Waals surface area contributed by atoms with Crippen LogP contribution in [-0.2, 0) is 0 Å². The number of likely N-dealkylation sites (N-methyl/N-ethyl adjacent to an activating group) is 1. The largest absolute Gasteiger partial charge is 0.399 e. The molecule has 1 fully saturated rings. The first-order valence-electron chi connectivity index (χ1n) is 6.80. The van der Waals surface area contributed by atoms with Gasteiger partial charge in [0.1, 0.15) is 0 Å². The number of nitrogen functional groups attached to an aromatic ring is 1. The van der Waals surface area contributed by atoms with Crippen LogP contribution in [0.4, 0.5) is 5.69 Å². The molecule has 0 saturated carbocycles. The maximum Gasteiger partial charge on any atom is 0.252 e. The molecule has 5 nitrogen and oxygen atoms in total. The highest BCUT2D eigenvalue weighted by atomic mass is 35.5. The molecule has 1 aliphatic heterocycles. The summed E-state index contributed by atoms with van der Waals surface area (Å²) in [5.74, 6) is -0.149. The highest BCUT2D eigenvalue weighted by Gasteiger charge is 2.14. The van der Waals surface area contributed by atoms with Crippen LogP contribution in [0.15, 0.2) is 18.2 Å². The van der Waals surface area contributed by atoms with Gasteiger partial charge in [0.25, 0.3) is 5.91 Å². The molecule has 0 bridgehead atoms. The van der Waals surface area contributed by atoms with E-state index in [4.69, 9.17) is 17.3 Å². The third kappa shape index (κ3) is 4.10. The fraction of sp³-hybridized carbons (Fsp3) is 0.500. The van der Waals surface area contributed by atoms with Crippen molar-refractivity contribution in [2.24, 2.45) is 0 Å². The number of carbonyl (C=O) groups excluding carboxylic acids is 1. The molecule has 2 rings (SSSR count). The molecule has 0 atom stereocenters. The minimum atomic E-state index is -0.149. The van der Waals surface area contributed by atoms with E-state index in [1.54, 1.807) is 18.2 Å². The van der Waals surface area contributed by atoms with Gasteiger partial charge >= 0.3 is 0 Å². The maximum absolute atomic E-state index is 12.0. The molecular formula is C14H21ClN4O. The predicted molar refractivity (Wildman–Crippen MR) is 82.1 cm³/mol. The molecule has 6 heteroatoms. The maximum atomic E-state index is 12.0. The second-order valence-electron chi connectivity index (χ2n) is 5.14. The topological polar surface area (TPSA) is 61.6 Å². The van der Waals surface area contributed by atoms with Crippen molar-refractivity contribution < 1.29 is 4.79 Å². The number of carbonyl (C=O) groups is 1. The summed E-state index contributed by atoms with van der Waals surface area (Å²) in [6.45, 7) is 5.76. The Kier molecular flexibility index (Phi) is 5.23. The Bertz CT molecular complexity index is 472. The Labute approximate surface area is 124 Å². The van der Waals surface area contributed by atoms with Crippen molar-refractivity contribution in [3.8, 4) is 0 Å². The van der Waals surface area contributed by atoms with Gasteiger partial charge in [0, 0.05) is 45.0 Å². The monoisotopic (exact) mass is 296 g/mol. The molecule has 1 amide bonds. The second-order valence-corrected chi connectivity index (χ2v) is 5.55. The van der Waals surface area contributed by atoms with Crippen LogP contribution in [0.1, 0.15) is 10.4 Å². The van der Waals surface area contributed by atoms with Gasteiger partial charge in [0.05, 0.1) is 10.6 Å². The molecule has 0 spiro atoms. The highest BCUT2D eigenvalue weighted by Crippen LogP contribution is 2.18. The smallest absolute Gasteiger partial charge is 0.252 e. The Morgan fingerprint density at radius 3 is 2.70 bits per heavy atom. The fourth-order valence-electron chi connectivity index (χ4n) is 2.21. The van der Waals surface area contributed by atoms with Crippen molar-refractivity contribution in [2.45, 2.75) is 0 Å². The number of halogens is 1. The van der Waals surface area contributed by atoms with Crippen LogP contribution >= 0.6 is 11.6 Å². The molecule has 1 aromatic rings. The second kappa shape index (κ2) is 6.92. The van der Waals surface area contributed by atoms with Crippen LogP contribution in [0.2, 0.25) is 5.02 Å². The summed E-state index contributed by atoms with van der Waals surface area (Å²) in [5, 5.41) is 3.29. The quantitative estimate of drug-likeness (QED) is 0.811. The minimum absolute atomic E-state index is 0.149. The number of nitrogens with two attached hydrogens (primary N) is 1. The van der Waals surface area contributed by atoms with Crippen LogP contribution in [0.3, 0.4) is 0 Å². The van der Waals surface area contributed by atoms with Gasteiger partial charge in [0.2, 0.25) is 0 Å². The minimum Gasteiger partial charge on any atom is -0.399 e. The predicted octanol–water partition coefficient (Wildman–Crippen LogP) is 0.899. The number of nitrogens with one attached hydrogen (secondary N) is 1. The summed E-state index contributed by atoms with van der Waals surface area (Å²) in [6.07, 6.45) is 0. The van der Waals surface area contributed by atoms with Gasteiger partial charge in [-0.05, 0) is 25.2 Å². The van der Waals surface area contributed by atoms with Crippen LogP contribution in [0.25, 0.3) is 0 Å². The van der Waals surface area contributed by atoms with E-state index in [1.165, 1.54) is 0 Å². The van der Waals surface area contributed by atoms with Crippen molar-refractivity contribution in [1.82, 2.24) is 15.1 Å². The zero-order valence-electron chi connectivity index (χ0n) is 11.7. The number of nitrogens with zero attached hydrogens (tertiary/aromatic N) is 2. The van der Waals surface area contributed by atoms with Gasteiger partial charge in [-0.15, -0.1) is 0 Å². The van der Waals surface area contributed by atoms with Gasteiger partial charge in [0.15, 0.2) is 0 Å². The summed E-state index contributed by atoms with van der Waals surface area (Å²) in [7, 11) is 2.13. The molecule has 0 radical (unpaired) electrons. The van der Waals surface area contributed by atoms with Crippen LogP contribution in [0, 0.1) is 0 Å². The van der Waals surface area contributed by atoms with Gasteiger partial charge in [-0.2, -0.15) is 0 Å². The number of benzene rings is 1. The number of amides is 1. The molecule has 0 unspecified atom stereocenters. The lowest BCUT2D eigenvalue weighted by Crippen LogP contribution is -2.46. The standard InChI is InChI=1S/C14H21ClN4O/c1-18-6-8-19(9-7-18)5-4-17-14(20)12-3-2-11(16)10-13(12)15/h2-3,10H,4-9,16H2,1H3,(H,17,20). The molecule has 1 heterocycles. The Hall–Kier alpha value is -1.30. The van der Waals surface area contributed by atoms with E-state index in [0.717, 1.165) is 32.7 Å². The van der Waals surface area contributed by atoms with Crippen LogP contribution in [0.5, 0.6) is 0 Å². The number of rotatable bonds is 4. The van der Waals surface area contributed by atoms with Crippen molar-refractivity contribution in [3.05, 3.63) is 28.8 Å². The lowest BCUT2D eigenvalue weighted by Gasteiger charge is -2.32. The summed E-state index contributed by atoms with van der Waals surface area (Å²) in [4.78, 5) is 16.7. The summed E-state index contributed by atoms with van der Waals surface area (Å²) in [5.41, 5.74) is 6.64. The molecular weight excluding hydrogens is 276 g/mol. The van der Waals surface area contributed by atoms with E-state index in [2.05, 4.69) is 22.2 Å². The van der Waals surface area contributed by atoms with Crippen molar-refractivity contribution in [2.75, 3.05) is 52.0 Å². The van der Waals surface area contributed by atoms with Crippen molar-refractivity contribution >= 4 is 23.2 Å². The number of anilines is 1. The number of hydrogen-bond donors (Lipinski definition) is 2. The lowest BCUT2D eigenvalue weighted by atomic mass is 10.2. The van der Waals surface area contributed by atoms with Gasteiger partial charge < -0.3 is 16.0 Å². The van der Waals surface area contributed by atoms with E-state index in [-0.39, 0.29) is 5.91 Å². The highest BCUT2D eigenvalue weighted by molar-refractivity contribution is 6.34. The van der Waals surface area contributed by atoms with E-state index in [9.17, 15) is 4.79 Å². The molecule has 1 aromatic carbocycles. The number of piperazine rings is 1. The lowest BCUT2D eigenvalue weighted by molar-refractivity contribution is 0.0941. The first kappa shape index (κ1) is 15.1. The molecule has 0 aromatic heterocycles. The molecule has 0 aliphatic carbocycles. The van der Waals surface area contributed by atoms with Crippen molar-refractivity contribution in [3.63, 3.8) is 0 Å². The Balaban J connectivity index is 1.77. The SMILES string of the molecule is CN1CCN(CCNC(=O)c2ccc(N)cc2Cl)CC1. The average Bonchev–Trinajstić information content (AvgIpc) is 2.41. The van der Waals surface area contributed by atoms with E-state index in [0.29, 0.717) is 22.8 Å². The molecule has 3 N–H and O–H groups in total. The molecule has 1 aliphatic rings. The first-order valence-corrected chi connectivity index (χ1v) is 7.18. The summed E-state index contributed by atoms with van der Waals surface area (Å²) < 4.78 is 0. The Morgan fingerprint density at radius 1 is 1.35 bits per heavy atom. The van der Waals surface area contributed by atoms with Gasteiger partial charge in [-0.25, -0.2) is 0 Å². The fourth-order valence-corrected chi connectivity index (χ4v) is 2.48. The van der Waals surface area contributed by atoms with Crippen LogP contribution in [-0.4, -0.2) is 62.0 Å². The van der Waals surface area contributed by atoms with E-state index in [1.807, 2.05) is 0 Å². The number of hydrogen-bond acceptors (Lipinski definition) is 4. The third-order valence-electron chi connectivity index (χ3n) is 3.55. The molecule has 1 saturated heterocycles. The summed E-state index contributed by atoms with van der Waals surface area (Å²) in [6, 6.07) is 4.93. The summed E-state index contributed by atoms with van der Waals surface area (Å²) >= 11 is 6.01. The van der Waals surface area contributed by atoms with Gasteiger partial charge in [-0.1, -0.05) is 11.6 Å². The van der Waals surface area contributed by atoms with Crippen LogP contribution < -0.4 is 11.1 Å². The van der Waals surface area contributed by atoms with E-state index >= 15 is 0 Å².